The Labute approximate surface area is 132 Å². The Hall–Kier alpha value is -0.0900. The van der Waals surface area contributed by atoms with Gasteiger partial charge in [-0.05, 0) is 55.4 Å². The van der Waals surface area contributed by atoms with E-state index in [1.807, 2.05) is 0 Å². The topological polar surface area (TPSA) is 46.2 Å². The van der Waals surface area contributed by atoms with Crippen LogP contribution in [0.5, 0.6) is 0 Å². The van der Waals surface area contributed by atoms with Gasteiger partial charge in [-0.3, -0.25) is 0 Å². The quantitative estimate of drug-likeness (QED) is 0.815. The smallest absolute Gasteiger partial charge is 0.147 e. The van der Waals surface area contributed by atoms with E-state index in [4.69, 9.17) is 0 Å². The molecule has 0 aromatic heterocycles. The second kappa shape index (κ2) is 7.45. The molecule has 1 aliphatic carbocycles. The first kappa shape index (κ1) is 19.0. The highest BCUT2D eigenvalue weighted by atomic mass is 32.2. The van der Waals surface area contributed by atoms with Crippen molar-refractivity contribution in [3.8, 4) is 0 Å². The van der Waals surface area contributed by atoms with E-state index in [0.29, 0.717) is 29.0 Å². The van der Waals surface area contributed by atoms with Gasteiger partial charge in [-0.2, -0.15) is 0 Å². The Morgan fingerprint density at radius 3 is 2.24 bits per heavy atom. The van der Waals surface area contributed by atoms with Crippen LogP contribution in [0.25, 0.3) is 0 Å². The van der Waals surface area contributed by atoms with Crippen molar-refractivity contribution >= 4 is 9.84 Å². The molecule has 4 heteroatoms. The van der Waals surface area contributed by atoms with Gasteiger partial charge in [-0.15, -0.1) is 0 Å². The molecule has 1 saturated carbocycles. The molecule has 1 aliphatic rings. The fourth-order valence-electron chi connectivity index (χ4n) is 3.49. The summed E-state index contributed by atoms with van der Waals surface area (Å²) in [5.41, 5.74) is 0.333. The van der Waals surface area contributed by atoms with E-state index in [1.54, 1.807) is 0 Å². The van der Waals surface area contributed by atoms with Crippen molar-refractivity contribution < 1.29 is 8.42 Å². The van der Waals surface area contributed by atoms with Crippen molar-refractivity contribution in [2.45, 2.75) is 66.3 Å². The Kier molecular flexibility index (Phi) is 6.73. The molecule has 0 spiro atoms. The molecule has 21 heavy (non-hydrogen) atoms. The van der Waals surface area contributed by atoms with Crippen LogP contribution in [0.1, 0.15) is 60.3 Å². The maximum Gasteiger partial charge on any atom is 0.147 e. The molecule has 3 unspecified atom stereocenters. The molecule has 0 aliphatic heterocycles. The molecule has 0 bridgehead atoms. The molecule has 126 valence electrons. The third-order valence-electron chi connectivity index (χ3n) is 5.01. The zero-order valence-electron chi connectivity index (χ0n) is 14.8. The average molecular weight is 318 g/mol. The fourth-order valence-corrected chi connectivity index (χ4v) is 4.22. The largest absolute Gasteiger partial charge is 0.314 e. The Balaban J connectivity index is 2.69. The molecule has 1 fully saturated rings. The van der Waals surface area contributed by atoms with Crippen molar-refractivity contribution in [2.24, 2.45) is 23.2 Å². The normalized spacial score (nSPS) is 28.0. The Morgan fingerprint density at radius 1 is 1.14 bits per heavy atom. The van der Waals surface area contributed by atoms with Gasteiger partial charge >= 0.3 is 0 Å². The molecule has 1 N–H and O–H groups in total. The molecule has 0 aromatic carbocycles. The fraction of sp³-hybridized carbons (Fsp3) is 1.00. The predicted octanol–water partition coefficient (Wildman–Crippen LogP) is 3.50. The summed E-state index contributed by atoms with van der Waals surface area (Å²) in [7, 11) is -2.85. The summed E-state index contributed by atoms with van der Waals surface area (Å²) in [6.07, 6.45) is 5.89. The number of hydrogen-bond donors (Lipinski definition) is 1. The van der Waals surface area contributed by atoms with Gasteiger partial charge in [0.15, 0.2) is 0 Å². The number of rotatable bonds is 6. The standard InChI is InChI=1S/C17H35NO2S/c1-13(2)18-12-15-7-8-16(17(3,4)5)11-14(15)9-10-21(6,19)20/h13-16,18H,7-12H2,1-6H3. The van der Waals surface area contributed by atoms with Crippen LogP contribution in [-0.2, 0) is 9.84 Å². The molecular weight excluding hydrogens is 282 g/mol. The molecule has 0 heterocycles. The van der Waals surface area contributed by atoms with Gasteiger partial charge in [-0.1, -0.05) is 34.6 Å². The van der Waals surface area contributed by atoms with Gasteiger partial charge in [0.2, 0.25) is 0 Å². The van der Waals surface area contributed by atoms with Crippen LogP contribution in [0.3, 0.4) is 0 Å². The molecule has 3 nitrogen and oxygen atoms in total. The van der Waals surface area contributed by atoms with Gasteiger partial charge in [-0.25, -0.2) is 8.42 Å². The van der Waals surface area contributed by atoms with Crippen molar-refractivity contribution in [2.75, 3.05) is 18.6 Å². The molecule has 0 amide bonds. The van der Waals surface area contributed by atoms with E-state index in [0.717, 1.165) is 18.9 Å². The zero-order chi connectivity index (χ0) is 16.3. The van der Waals surface area contributed by atoms with Gasteiger partial charge in [0, 0.05) is 12.3 Å². The minimum absolute atomic E-state index is 0.333. The van der Waals surface area contributed by atoms with Crippen LogP contribution in [0.4, 0.5) is 0 Å². The first-order chi connectivity index (χ1) is 9.49. The zero-order valence-corrected chi connectivity index (χ0v) is 15.6. The Bertz CT molecular complexity index is 409. The van der Waals surface area contributed by atoms with E-state index >= 15 is 0 Å². The first-order valence-corrected chi connectivity index (χ1v) is 10.5. The maximum atomic E-state index is 11.5. The predicted molar refractivity (Wildman–Crippen MR) is 91.2 cm³/mol. The molecule has 3 atom stereocenters. The summed E-state index contributed by atoms with van der Waals surface area (Å²) < 4.78 is 23.0. The van der Waals surface area contributed by atoms with Crippen molar-refractivity contribution in [1.82, 2.24) is 5.32 Å². The summed E-state index contributed by atoms with van der Waals surface area (Å²) in [5, 5.41) is 3.55. The van der Waals surface area contributed by atoms with Crippen molar-refractivity contribution in [1.29, 1.82) is 0 Å². The van der Waals surface area contributed by atoms with Crippen LogP contribution in [0.15, 0.2) is 0 Å². The van der Waals surface area contributed by atoms with E-state index in [1.165, 1.54) is 25.5 Å². The first-order valence-electron chi connectivity index (χ1n) is 8.40. The monoisotopic (exact) mass is 317 g/mol. The summed E-state index contributed by atoms with van der Waals surface area (Å²) >= 11 is 0. The highest BCUT2D eigenvalue weighted by Crippen LogP contribution is 2.43. The van der Waals surface area contributed by atoms with Crippen molar-refractivity contribution in [3.63, 3.8) is 0 Å². The van der Waals surface area contributed by atoms with Crippen molar-refractivity contribution in [3.05, 3.63) is 0 Å². The molecule has 0 aromatic rings. The summed E-state index contributed by atoms with van der Waals surface area (Å²) in [5.74, 6) is 2.24. The molecule has 1 rings (SSSR count). The molecule has 0 saturated heterocycles. The maximum absolute atomic E-state index is 11.5. The van der Waals surface area contributed by atoms with E-state index in [2.05, 4.69) is 39.9 Å². The molecule has 0 radical (unpaired) electrons. The van der Waals surface area contributed by atoms with E-state index in [-0.39, 0.29) is 0 Å². The van der Waals surface area contributed by atoms with Gasteiger partial charge in [0.1, 0.15) is 9.84 Å². The number of nitrogens with one attached hydrogen (secondary N) is 1. The van der Waals surface area contributed by atoms with Gasteiger partial charge in [0.25, 0.3) is 0 Å². The lowest BCUT2D eigenvalue weighted by Crippen LogP contribution is -2.39. The highest BCUT2D eigenvalue weighted by molar-refractivity contribution is 7.90. The van der Waals surface area contributed by atoms with E-state index < -0.39 is 9.84 Å². The highest BCUT2D eigenvalue weighted by Gasteiger charge is 2.35. The van der Waals surface area contributed by atoms with Gasteiger partial charge in [0.05, 0.1) is 5.75 Å². The Morgan fingerprint density at radius 2 is 1.76 bits per heavy atom. The van der Waals surface area contributed by atoms with Crippen LogP contribution < -0.4 is 5.32 Å². The SMILES string of the molecule is CC(C)NCC1CCC(C(C)(C)C)CC1CCS(C)(=O)=O. The van der Waals surface area contributed by atoms with Gasteiger partial charge < -0.3 is 5.32 Å². The molecular formula is C17H35NO2S. The lowest BCUT2D eigenvalue weighted by atomic mass is 9.65. The summed E-state index contributed by atoms with van der Waals surface area (Å²) in [6, 6.07) is 0.501. The second-order valence-corrected chi connectivity index (χ2v) is 10.6. The minimum atomic E-state index is -2.85. The summed E-state index contributed by atoms with van der Waals surface area (Å²) in [4.78, 5) is 0. The van der Waals surface area contributed by atoms with Crippen LogP contribution in [0.2, 0.25) is 0 Å². The van der Waals surface area contributed by atoms with Crippen LogP contribution >= 0.6 is 0 Å². The lowest BCUT2D eigenvalue weighted by molar-refractivity contribution is 0.0945. The summed E-state index contributed by atoms with van der Waals surface area (Å²) in [6.45, 7) is 12.3. The third-order valence-corrected chi connectivity index (χ3v) is 5.99. The second-order valence-electron chi connectivity index (χ2n) is 8.38. The third kappa shape index (κ3) is 7.14. The average Bonchev–Trinajstić information content (AvgIpc) is 2.32. The number of hydrogen-bond acceptors (Lipinski definition) is 3. The lowest BCUT2D eigenvalue weighted by Gasteiger charge is -2.42. The van der Waals surface area contributed by atoms with Crippen LogP contribution in [-0.4, -0.2) is 33.0 Å². The van der Waals surface area contributed by atoms with E-state index in [9.17, 15) is 8.42 Å². The minimum Gasteiger partial charge on any atom is -0.314 e. The number of sulfone groups is 1. The van der Waals surface area contributed by atoms with Crippen LogP contribution in [0, 0.1) is 23.2 Å².